The number of aliphatic hydroxyl groups is 1. The van der Waals surface area contributed by atoms with Crippen molar-refractivity contribution in [2.45, 2.75) is 51.1 Å². The molecule has 3 rings (SSSR count). The third-order valence-electron chi connectivity index (χ3n) is 5.23. The van der Waals surface area contributed by atoms with Crippen LogP contribution in [0.2, 0.25) is 0 Å². The van der Waals surface area contributed by atoms with Crippen molar-refractivity contribution in [3.63, 3.8) is 0 Å². The topological polar surface area (TPSA) is 106 Å². The van der Waals surface area contributed by atoms with Gasteiger partial charge in [-0.1, -0.05) is 6.07 Å². The van der Waals surface area contributed by atoms with Crippen LogP contribution in [0.4, 0.5) is 5.69 Å². The summed E-state index contributed by atoms with van der Waals surface area (Å²) in [6, 6.07) is 6.75. The number of hydrogen-bond donors (Lipinski definition) is 1. The summed E-state index contributed by atoms with van der Waals surface area (Å²) in [5.41, 5.74) is 0.155. The lowest BCUT2D eigenvalue weighted by Crippen LogP contribution is -2.55. The smallest absolute Gasteiger partial charge is 0.338 e. The Morgan fingerprint density at radius 2 is 2.00 bits per heavy atom. The molecule has 0 saturated carbocycles. The first-order valence-electron chi connectivity index (χ1n) is 10.4. The number of likely N-dealkylation sites (tertiary alicyclic amines) is 1. The molecule has 2 aliphatic heterocycles. The predicted octanol–water partition coefficient (Wildman–Crippen LogP) is 0.982. The van der Waals surface area contributed by atoms with Crippen molar-refractivity contribution in [2.75, 3.05) is 38.3 Å². The number of aliphatic hydroxyl groups excluding tert-OH is 1. The highest BCUT2D eigenvalue weighted by Gasteiger charge is 2.41. The number of benzene rings is 1. The van der Waals surface area contributed by atoms with Gasteiger partial charge in [-0.3, -0.25) is 9.59 Å². The van der Waals surface area contributed by atoms with Gasteiger partial charge in [-0.25, -0.2) is 4.79 Å². The van der Waals surface area contributed by atoms with Crippen LogP contribution in [0.1, 0.15) is 37.6 Å². The molecular formula is C22H30N2O7. The fourth-order valence-corrected chi connectivity index (χ4v) is 3.67. The molecule has 0 unspecified atom stereocenters. The van der Waals surface area contributed by atoms with Gasteiger partial charge in [-0.05, 0) is 45.4 Å². The van der Waals surface area contributed by atoms with Gasteiger partial charge in [0.2, 0.25) is 0 Å². The van der Waals surface area contributed by atoms with Crippen molar-refractivity contribution in [2.24, 2.45) is 0 Å². The fraction of sp³-hybridized carbons (Fsp3) is 0.591. The van der Waals surface area contributed by atoms with Gasteiger partial charge in [0, 0.05) is 38.0 Å². The maximum absolute atomic E-state index is 13.0. The molecule has 1 N–H and O–H groups in total. The lowest BCUT2D eigenvalue weighted by molar-refractivity contribution is -0.177. The summed E-state index contributed by atoms with van der Waals surface area (Å²) in [7, 11) is 1.63. The molecule has 2 heterocycles. The molecule has 1 aromatic carbocycles. The molecule has 3 atom stereocenters. The van der Waals surface area contributed by atoms with Crippen LogP contribution in [0.5, 0.6) is 0 Å². The Bertz CT molecular complexity index is 835. The molecular weight excluding hydrogens is 404 g/mol. The number of esters is 1. The average molecular weight is 434 g/mol. The molecule has 2 fully saturated rings. The third-order valence-corrected chi connectivity index (χ3v) is 5.23. The van der Waals surface area contributed by atoms with E-state index in [1.807, 2.05) is 0 Å². The van der Waals surface area contributed by atoms with Crippen molar-refractivity contribution >= 4 is 23.5 Å². The Labute approximate surface area is 181 Å². The van der Waals surface area contributed by atoms with E-state index in [9.17, 15) is 19.5 Å². The summed E-state index contributed by atoms with van der Waals surface area (Å²) in [4.78, 5) is 41.2. The summed E-state index contributed by atoms with van der Waals surface area (Å²) in [5.74, 6) is -1.61. The fourth-order valence-electron chi connectivity index (χ4n) is 3.67. The highest BCUT2D eigenvalue weighted by Crippen LogP contribution is 2.24. The minimum absolute atomic E-state index is 0.0306. The van der Waals surface area contributed by atoms with Crippen molar-refractivity contribution in [3.8, 4) is 0 Å². The number of carbonyl (C=O) groups excluding carboxylic acids is 3. The van der Waals surface area contributed by atoms with Crippen LogP contribution in [0.3, 0.4) is 0 Å². The predicted molar refractivity (Wildman–Crippen MR) is 112 cm³/mol. The zero-order valence-electron chi connectivity index (χ0n) is 18.4. The monoisotopic (exact) mass is 434 g/mol. The molecule has 2 aliphatic rings. The molecule has 1 aromatic rings. The minimum atomic E-state index is -1.74. The van der Waals surface area contributed by atoms with Gasteiger partial charge in [0.05, 0.1) is 12.7 Å². The van der Waals surface area contributed by atoms with Crippen molar-refractivity contribution < 1.29 is 33.7 Å². The van der Waals surface area contributed by atoms with E-state index in [0.717, 1.165) is 6.42 Å². The Kier molecular flexibility index (Phi) is 6.98. The number of ether oxygens (including phenoxy) is 3. The first-order valence-corrected chi connectivity index (χ1v) is 10.4. The van der Waals surface area contributed by atoms with Crippen LogP contribution >= 0.6 is 0 Å². The molecule has 2 saturated heterocycles. The SMILES string of the molecule is CO[C@@H]1CCN(C(=O)c2cccc(N3CCO[C@H]([C@@H](O)C(=O)OC(C)(C)C)C3=O)c2)C1. The number of amides is 2. The molecule has 9 heteroatoms. The number of hydrogen-bond acceptors (Lipinski definition) is 7. The second-order valence-corrected chi connectivity index (χ2v) is 8.71. The van der Waals surface area contributed by atoms with E-state index < -0.39 is 29.7 Å². The van der Waals surface area contributed by atoms with E-state index in [0.29, 0.717) is 24.3 Å². The molecule has 0 bridgehead atoms. The summed E-state index contributed by atoms with van der Waals surface area (Å²) < 4.78 is 15.9. The van der Waals surface area contributed by atoms with Crippen molar-refractivity contribution in [1.82, 2.24) is 4.90 Å². The van der Waals surface area contributed by atoms with Gasteiger partial charge in [0.1, 0.15) is 5.60 Å². The van der Waals surface area contributed by atoms with E-state index in [1.54, 1.807) is 57.0 Å². The van der Waals surface area contributed by atoms with E-state index >= 15 is 0 Å². The van der Waals surface area contributed by atoms with Gasteiger partial charge >= 0.3 is 5.97 Å². The molecule has 170 valence electrons. The molecule has 0 spiro atoms. The number of nitrogens with zero attached hydrogens (tertiary/aromatic N) is 2. The Morgan fingerprint density at radius 3 is 2.65 bits per heavy atom. The van der Waals surface area contributed by atoms with Crippen molar-refractivity contribution in [1.29, 1.82) is 0 Å². The third kappa shape index (κ3) is 5.41. The van der Waals surface area contributed by atoms with Crippen LogP contribution in [-0.4, -0.2) is 85.1 Å². The van der Waals surface area contributed by atoms with Gasteiger partial charge in [0.25, 0.3) is 11.8 Å². The van der Waals surface area contributed by atoms with Crippen LogP contribution < -0.4 is 4.90 Å². The zero-order valence-corrected chi connectivity index (χ0v) is 18.4. The number of rotatable bonds is 5. The van der Waals surface area contributed by atoms with E-state index in [4.69, 9.17) is 14.2 Å². The quantitative estimate of drug-likeness (QED) is 0.689. The Hall–Kier alpha value is -2.49. The van der Waals surface area contributed by atoms with Crippen LogP contribution in [0, 0.1) is 0 Å². The van der Waals surface area contributed by atoms with E-state index in [-0.39, 0.29) is 25.2 Å². The van der Waals surface area contributed by atoms with Crippen LogP contribution in [0.25, 0.3) is 0 Å². The normalized spacial score (nSPS) is 23.1. The maximum Gasteiger partial charge on any atom is 0.338 e. The Morgan fingerprint density at radius 1 is 1.26 bits per heavy atom. The second-order valence-electron chi connectivity index (χ2n) is 8.71. The molecule has 2 amide bonds. The van der Waals surface area contributed by atoms with Gasteiger partial charge in [-0.2, -0.15) is 0 Å². The molecule has 9 nitrogen and oxygen atoms in total. The van der Waals surface area contributed by atoms with Gasteiger partial charge < -0.3 is 29.1 Å². The zero-order chi connectivity index (χ0) is 22.8. The summed E-state index contributed by atoms with van der Waals surface area (Å²) in [6.07, 6.45) is -2.30. The van der Waals surface area contributed by atoms with Crippen molar-refractivity contribution in [3.05, 3.63) is 29.8 Å². The number of carbonyl (C=O) groups is 3. The molecule has 31 heavy (non-hydrogen) atoms. The number of morpholine rings is 1. The number of anilines is 1. The minimum Gasteiger partial charge on any atom is -0.458 e. The highest BCUT2D eigenvalue weighted by atomic mass is 16.6. The Balaban J connectivity index is 1.74. The summed E-state index contributed by atoms with van der Waals surface area (Å²) >= 11 is 0. The lowest BCUT2D eigenvalue weighted by Gasteiger charge is -2.34. The molecule has 0 aromatic heterocycles. The lowest BCUT2D eigenvalue weighted by atomic mass is 10.1. The largest absolute Gasteiger partial charge is 0.458 e. The van der Waals surface area contributed by atoms with E-state index in [2.05, 4.69) is 0 Å². The number of methoxy groups -OCH3 is 1. The highest BCUT2D eigenvalue weighted by molar-refractivity contribution is 6.02. The maximum atomic E-state index is 13.0. The average Bonchev–Trinajstić information content (AvgIpc) is 3.21. The summed E-state index contributed by atoms with van der Waals surface area (Å²) in [6.45, 7) is 6.53. The molecule has 0 radical (unpaired) electrons. The first kappa shape index (κ1) is 23.2. The first-order chi connectivity index (χ1) is 14.6. The van der Waals surface area contributed by atoms with E-state index in [1.165, 1.54) is 4.90 Å². The van der Waals surface area contributed by atoms with Gasteiger partial charge in [-0.15, -0.1) is 0 Å². The second kappa shape index (κ2) is 9.33. The standard InChI is InChI=1S/C22H30N2O7/c1-22(2,3)31-21(28)17(25)18-20(27)24(10-11-30-18)15-7-5-6-14(12-15)19(26)23-9-8-16(13-23)29-4/h5-7,12,16-18,25H,8-11,13H2,1-4H3/t16-,17-,18-/m1/s1. The summed E-state index contributed by atoms with van der Waals surface area (Å²) in [5, 5.41) is 10.4. The van der Waals surface area contributed by atoms with Crippen LogP contribution in [0.15, 0.2) is 24.3 Å². The van der Waals surface area contributed by atoms with Crippen LogP contribution in [-0.2, 0) is 23.8 Å². The molecule has 0 aliphatic carbocycles. The van der Waals surface area contributed by atoms with Gasteiger partial charge in [0.15, 0.2) is 12.2 Å².